The van der Waals surface area contributed by atoms with Gasteiger partial charge in [0.2, 0.25) is 5.95 Å². The molecular formula is C23H24N6O3. The number of hydrogen-bond acceptors (Lipinski definition) is 6. The van der Waals surface area contributed by atoms with Gasteiger partial charge in [0, 0.05) is 21.1 Å². The molecule has 2 aromatic carbocycles. The van der Waals surface area contributed by atoms with Crippen LogP contribution in [0.25, 0.3) is 22.3 Å². The molecule has 0 spiro atoms. The highest BCUT2D eigenvalue weighted by molar-refractivity contribution is 5.84. The van der Waals surface area contributed by atoms with E-state index in [1.54, 1.807) is 18.7 Å². The van der Waals surface area contributed by atoms with Crippen LogP contribution in [0.15, 0.2) is 69.3 Å². The summed E-state index contributed by atoms with van der Waals surface area (Å²) in [6.45, 7) is 2.10. The second kappa shape index (κ2) is 8.54. The third kappa shape index (κ3) is 3.92. The molecule has 0 radical (unpaired) electrons. The molecule has 9 nitrogen and oxygen atoms in total. The van der Waals surface area contributed by atoms with Crippen molar-refractivity contribution >= 4 is 22.8 Å². The molecule has 0 unspecified atom stereocenters. The Bertz CT molecular complexity index is 1410. The third-order valence-corrected chi connectivity index (χ3v) is 5.23. The van der Waals surface area contributed by atoms with Crippen LogP contribution in [-0.4, -0.2) is 31.0 Å². The van der Waals surface area contributed by atoms with Crippen molar-refractivity contribution in [2.75, 3.05) is 12.0 Å². The molecule has 2 aromatic heterocycles. The first-order valence-corrected chi connectivity index (χ1v) is 10.1. The van der Waals surface area contributed by atoms with E-state index in [2.05, 4.69) is 27.6 Å². The topological polar surface area (TPSA) is 95.4 Å². The number of aryl methyl sites for hydroxylation is 2. The molecule has 164 valence electrons. The van der Waals surface area contributed by atoms with Crippen molar-refractivity contribution in [2.45, 2.75) is 6.92 Å². The van der Waals surface area contributed by atoms with Gasteiger partial charge in [-0.3, -0.25) is 13.9 Å². The van der Waals surface area contributed by atoms with E-state index in [0.717, 1.165) is 21.4 Å². The van der Waals surface area contributed by atoms with E-state index in [4.69, 9.17) is 4.74 Å². The first kappa shape index (κ1) is 21.1. The van der Waals surface area contributed by atoms with Crippen LogP contribution < -0.4 is 21.4 Å². The zero-order valence-corrected chi connectivity index (χ0v) is 18.4. The Kier molecular flexibility index (Phi) is 5.63. The lowest BCUT2D eigenvalue weighted by molar-refractivity contribution is 0.376. The molecule has 0 aliphatic heterocycles. The van der Waals surface area contributed by atoms with Gasteiger partial charge in [0.05, 0.1) is 5.71 Å². The highest BCUT2D eigenvalue weighted by Gasteiger charge is 2.16. The van der Waals surface area contributed by atoms with Crippen molar-refractivity contribution in [1.82, 2.24) is 18.7 Å². The summed E-state index contributed by atoms with van der Waals surface area (Å²) in [5, 5.41) is 4.30. The predicted octanol–water partition coefficient (Wildman–Crippen LogP) is 2.50. The van der Waals surface area contributed by atoms with Crippen LogP contribution in [0.3, 0.4) is 0 Å². The molecule has 4 aromatic rings. The van der Waals surface area contributed by atoms with Crippen LogP contribution in [-0.2, 0) is 21.1 Å². The fraction of sp³-hybridized carbons (Fsp3) is 0.217. The SMILES string of the molecule is CC(COc1ccc(-c2ccccc2)cc1)=NNc1nc2c(c(=O)n(C)c(=O)n2C)n1C. The van der Waals surface area contributed by atoms with Crippen molar-refractivity contribution in [3.05, 3.63) is 75.4 Å². The summed E-state index contributed by atoms with van der Waals surface area (Å²) in [5.74, 6) is 1.09. The van der Waals surface area contributed by atoms with Crippen LogP contribution in [0.2, 0.25) is 0 Å². The number of fused-ring (bicyclic) bond motifs is 1. The summed E-state index contributed by atoms with van der Waals surface area (Å²) >= 11 is 0. The van der Waals surface area contributed by atoms with Crippen LogP contribution in [0.5, 0.6) is 5.75 Å². The van der Waals surface area contributed by atoms with E-state index in [1.807, 2.05) is 49.4 Å². The van der Waals surface area contributed by atoms with Gasteiger partial charge in [-0.25, -0.2) is 10.2 Å². The normalized spacial score (nSPS) is 11.7. The number of ether oxygens (including phenoxy) is 1. The molecule has 0 fully saturated rings. The second-order valence-electron chi connectivity index (χ2n) is 7.51. The fourth-order valence-corrected chi connectivity index (χ4v) is 3.36. The largest absolute Gasteiger partial charge is 0.488 e. The fourth-order valence-electron chi connectivity index (χ4n) is 3.36. The van der Waals surface area contributed by atoms with Gasteiger partial charge in [-0.2, -0.15) is 10.1 Å². The molecule has 32 heavy (non-hydrogen) atoms. The van der Waals surface area contributed by atoms with E-state index in [1.165, 1.54) is 11.6 Å². The molecule has 0 atom stereocenters. The Morgan fingerprint density at radius 2 is 1.59 bits per heavy atom. The monoisotopic (exact) mass is 432 g/mol. The molecule has 0 amide bonds. The number of hydrazone groups is 1. The molecule has 0 saturated carbocycles. The molecule has 0 saturated heterocycles. The number of imidazole rings is 1. The quantitative estimate of drug-likeness (QED) is 0.373. The van der Waals surface area contributed by atoms with Gasteiger partial charge < -0.3 is 9.30 Å². The Hall–Kier alpha value is -4.14. The third-order valence-electron chi connectivity index (χ3n) is 5.23. The molecule has 2 heterocycles. The maximum atomic E-state index is 12.5. The second-order valence-corrected chi connectivity index (χ2v) is 7.51. The summed E-state index contributed by atoms with van der Waals surface area (Å²) in [4.78, 5) is 28.9. The number of benzene rings is 2. The van der Waals surface area contributed by atoms with E-state index in [-0.39, 0.29) is 6.61 Å². The minimum absolute atomic E-state index is 0.280. The molecule has 4 rings (SSSR count). The number of rotatable bonds is 6. The standard InChI is InChI=1S/C23H24N6O3/c1-15(14-32-18-12-10-17(11-13-18)16-8-6-5-7-9-16)25-26-22-24-20-19(27(22)2)21(30)29(4)23(31)28(20)3/h5-13H,14H2,1-4H3,(H,24,26). The summed E-state index contributed by atoms with van der Waals surface area (Å²) < 4.78 is 9.78. The molecule has 0 aliphatic rings. The van der Waals surface area contributed by atoms with Crippen molar-refractivity contribution in [3.8, 4) is 16.9 Å². The maximum Gasteiger partial charge on any atom is 0.332 e. The van der Waals surface area contributed by atoms with E-state index < -0.39 is 11.2 Å². The van der Waals surface area contributed by atoms with Gasteiger partial charge in [-0.05, 0) is 30.2 Å². The average molecular weight is 432 g/mol. The van der Waals surface area contributed by atoms with E-state index in [9.17, 15) is 9.59 Å². The Balaban J connectivity index is 1.45. The molecule has 9 heteroatoms. The van der Waals surface area contributed by atoms with Crippen molar-refractivity contribution in [3.63, 3.8) is 0 Å². The predicted molar refractivity (Wildman–Crippen MR) is 125 cm³/mol. The molecular weight excluding hydrogens is 408 g/mol. The number of nitrogens with one attached hydrogen (secondary N) is 1. The highest BCUT2D eigenvalue weighted by atomic mass is 16.5. The Morgan fingerprint density at radius 3 is 2.28 bits per heavy atom. The summed E-state index contributed by atoms with van der Waals surface area (Å²) in [7, 11) is 4.71. The minimum Gasteiger partial charge on any atom is -0.488 e. The summed E-state index contributed by atoms with van der Waals surface area (Å²) in [6, 6.07) is 18.0. The van der Waals surface area contributed by atoms with Gasteiger partial charge in [-0.1, -0.05) is 42.5 Å². The summed E-state index contributed by atoms with van der Waals surface area (Å²) in [5.41, 5.74) is 5.59. The van der Waals surface area contributed by atoms with E-state index in [0.29, 0.717) is 22.8 Å². The lowest BCUT2D eigenvalue weighted by Gasteiger charge is -2.08. The number of hydrogen-bond donors (Lipinski definition) is 1. The van der Waals surface area contributed by atoms with Crippen molar-refractivity contribution in [1.29, 1.82) is 0 Å². The van der Waals surface area contributed by atoms with Crippen LogP contribution in [0.1, 0.15) is 6.92 Å². The number of anilines is 1. The zero-order valence-electron chi connectivity index (χ0n) is 18.4. The van der Waals surface area contributed by atoms with Gasteiger partial charge in [-0.15, -0.1) is 0 Å². The van der Waals surface area contributed by atoms with Crippen LogP contribution in [0, 0.1) is 0 Å². The van der Waals surface area contributed by atoms with Gasteiger partial charge in [0.1, 0.15) is 12.4 Å². The molecule has 0 bridgehead atoms. The van der Waals surface area contributed by atoms with Crippen LogP contribution in [0.4, 0.5) is 5.95 Å². The highest BCUT2D eigenvalue weighted by Crippen LogP contribution is 2.22. The Labute approximate surface area is 184 Å². The maximum absolute atomic E-state index is 12.5. The smallest absolute Gasteiger partial charge is 0.332 e. The van der Waals surface area contributed by atoms with Gasteiger partial charge >= 0.3 is 5.69 Å². The zero-order chi connectivity index (χ0) is 22.8. The van der Waals surface area contributed by atoms with E-state index >= 15 is 0 Å². The lowest BCUT2D eigenvalue weighted by atomic mass is 10.1. The first-order chi connectivity index (χ1) is 15.4. The van der Waals surface area contributed by atoms with Gasteiger partial charge in [0.25, 0.3) is 5.56 Å². The minimum atomic E-state index is -0.432. The van der Waals surface area contributed by atoms with Gasteiger partial charge in [0.15, 0.2) is 11.2 Å². The number of nitrogens with zero attached hydrogens (tertiary/aromatic N) is 5. The first-order valence-electron chi connectivity index (χ1n) is 10.1. The lowest BCUT2D eigenvalue weighted by Crippen LogP contribution is -2.37. The average Bonchev–Trinajstić information content (AvgIpc) is 3.16. The number of aromatic nitrogens is 4. The molecule has 0 aliphatic carbocycles. The Morgan fingerprint density at radius 1 is 0.938 bits per heavy atom. The van der Waals surface area contributed by atoms with Crippen molar-refractivity contribution in [2.24, 2.45) is 26.2 Å². The van der Waals surface area contributed by atoms with Crippen molar-refractivity contribution < 1.29 is 4.74 Å². The molecule has 1 N–H and O–H groups in total. The van der Waals surface area contributed by atoms with Crippen LogP contribution >= 0.6 is 0 Å². The summed E-state index contributed by atoms with van der Waals surface area (Å²) in [6.07, 6.45) is 0.